The van der Waals surface area contributed by atoms with Crippen molar-refractivity contribution in [2.75, 3.05) is 13.2 Å². The molecule has 0 aromatic carbocycles. The van der Waals surface area contributed by atoms with Gasteiger partial charge in [-0.25, -0.2) is 0 Å². The number of esters is 2. The molecule has 4 nitrogen and oxygen atoms in total. The van der Waals surface area contributed by atoms with Gasteiger partial charge in [0.1, 0.15) is 0 Å². The molecule has 18 heavy (non-hydrogen) atoms. The van der Waals surface area contributed by atoms with Gasteiger partial charge in [-0.2, -0.15) is 0 Å². The second kappa shape index (κ2) is 8.95. The van der Waals surface area contributed by atoms with Crippen LogP contribution in [0.1, 0.15) is 47.5 Å². The summed E-state index contributed by atoms with van der Waals surface area (Å²) in [5.41, 5.74) is 0. The van der Waals surface area contributed by atoms with E-state index >= 15 is 0 Å². The Hall–Kier alpha value is -1.06. The Morgan fingerprint density at radius 2 is 1.61 bits per heavy atom. The third-order valence-electron chi connectivity index (χ3n) is 2.66. The van der Waals surface area contributed by atoms with Crippen LogP contribution >= 0.6 is 0 Å². The first kappa shape index (κ1) is 16.9. The molecule has 0 aliphatic heterocycles. The van der Waals surface area contributed by atoms with Gasteiger partial charge in [0.2, 0.25) is 0 Å². The topological polar surface area (TPSA) is 52.6 Å². The highest BCUT2D eigenvalue weighted by Crippen LogP contribution is 2.09. The van der Waals surface area contributed by atoms with Gasteiger partial charge in [-0.1, -0.05) is 41.0 Å². The molecule has 0 bridgehead atoms. The summed E-state index contributed by atoms with van der Waals surface area (Å²) in [4.78, 5) is 23.0. The van der Waals surface area contributed by atoms with Crippen LogP contribution in [0.4, 0.5) is 0 Å². The van der Waals surface area contributed by atoms with Crippen molar-refractivity contribution in [3.63, 3.8) is 0 Å². The molecule has 0 aliphatic rings. The number of carbonyl (C=O) groups is 2. The average Bonchev–Trinajstić information content (AvgIpc) is 2.32. The van der Waals surface area contributed by atoms with Gasteiger partial charge in [-0.3, -0.25) is 9.59 Å². The smallest absolute Gasteiger partial charge is 0.309 e. The van der Waals surface area contributed by atoms with Gasteiger partial charge in [0.05, 0.1) is 25.6 Å². The first-order chi connectivity index (χ1) is 8.36. The van der Waals surface area contributed by atoms with E-state index in [1.54, 1.807) is 6.92 Å². The molecule has 2 unspecified atom stereocenters. The molecule has 0 N–H and O–H groups in total. The summed E-state index contributed by atoms with van der Waals surface area (Å²) in [6.07, 6.45) is 1.06. The molecule has 0 saturated carbocycles. The maximum atomic E-state index is 11.6. The summed E-state index contributed by atoms with van der Waals surface area (Å²) in [5.74, 6) is -0.433. The predicted molar refractivity (Wildman–Crippen MR) is 70.0 cm³/mol. The molecule has 106 valence electrons. The molecule has 0 fully saturated rings. The molecule has 0 amide bonds. The minimum absolute atomic E-state index is 0.0893. The van der Waals surface area contributed by atoms with Crippen LogP contribution in [0, 0.1) is 17.8 Å². The number of carbonyl (C=O) groups excluding carboxylic acids is 2. The van der Waals surface area contributed by atoms with E-state index in [9.17, 15) is 9.59 Å². The fraction of sp³-hybridized carbons (Fsp3) is 0.857. The van der Waals surface area contributed by atoms with E-state index in [1.807, 2.05) is 27.7 Å². The van der Waals surface area contributed by atoms with Gasteiger partial charge in [0.25, 0.3) is 0 Å². The normalized spacial score (nSPS) is 14.1. The monoisotopic (exact) mass is 258 g/mol. The number of rotatable bonds is 8. The summed E-state index contributed by atoms with van der Waals surface area (Å²) in [5, 5.41) is 0. The van der Waals surface area contributed by atoms with Crippen LogP contribution in [0.5, 0.6) is 0 Å². The Kier molecular flexibility index (Phi) is 8.42. The van der Waals surface area contributed by atoms with Crippen LogP contribution in [0.3, 0.4) is 0 Å². The van der Waals surface area contributed by atoms with Crippen LogP contribution in [0.2, 0.25) is 0 Å². The van der Waals surface area contributed by atoms with Crippen LogP contribution in [-0.2, 0) is 19.1 Å². The van der Waals surface area contributed by atoms with E-state index in [2.05, 4.69) is 0 Å². The van der Waals surface area contributed by atoms with Crippen molar-refractivity contribution >= 4 is 11.9 Å². The van der Waals surface area contributed by atoms with E-state index < -0.39 is 5.92 Å². The van der Waals surface area contributed by atoms with Crippen molar-refractivity contribution in [3.05, 3.63) is 0 Å². The lowest BCUT2D eigenvalue weighted by Gasteiger charge is -2.14. The average molecular weight is 258 g/mol. The second-order valence-corrected chi connectivity index (χ2v) is 5.33. The first-order valence-electron chi connectivity index (χ1n) is 6.69. The Bertz CT molecular complexity index is 261. The van der Waals surface area contributed by atoms with E-state index in [-0.39, 0.29) is 18.4 Å². The summed E-state index contributed by atoms with van der Waals surface area (Å²) < 4.78 is 10.2. The summed E-state index contributed by atoms with van der Waals surface area (Å²) >= 11 is 0. The summed E-state index contributed by atoms with van der Waals surface area (Å²) in [6.45, 7) is 10.5. The van der Waals surface area contributed by atoms with Crippen LogP contribution in [0.25, 0.3) is 0 Å². The molecular formula is C14H26O4. The van der Waals surface area contributed by atoms with Crippen molar-refractivity contribution in [2.45, 2.75) is 47.5 Å². The Balaban J connectivity index is 3.89. The molecule has 0 aromatic rings. The maximum absolute atomic E-state index is 11.6. The highest BCUT2D eigenvalue weighted by atomic mass is 16.5. The minimum atomic E-state index is -0.436. The molecule has 0 aromatic heterocycles. The standard InChI is InChI=1S/C14H26O4/c1-6-11(4)9-18-14(16)12(5)7-13(15)17-8-10(2)3/h10-12H,6-9H2,1-5H3. The second-order valence-electron chi connectivity index (χ2n) is 5.33. The van der Waals surface area contributed by atoms with E-state index in [1.165, 1.54) is 0 Å². The lowest BCUT2D eigenvalue weighted by Crippen LogP contribution is -2.22. The molecule has 2 atom stereocenters. The van der Waals surface area contributed by atoms with E-state index in [0.717, 1.165) is 6.42 Å². The zero-order chi connectivity index (χ0) is 14.1. The molecule has 0 aliphatic carbocycles. The fourth-order valence-electron chi connectivity index (χ4n) is 1.14. The Morgan fingerprint density at radius 3 is 2.11 bits per heavy atom. The van der Waals surface area contributed by atoms with Crippen molar-refractivity contribution in [3.8, 4) is 0 Å². The maximum Gasteiger partial charge on any atom is 0.309 e. The molecule has 0 radical (unpaired) electrons. The fourth-order valence-corrected chi connectivity index (χ4v) is 1.14. The van der Waals surface area contributed by atoms with E-state index in [4.69, 9.17) is 9.47 Å². The van der Waals surface area contributed by atoms with Gasteiger partial charge < -0.3 is 9.47 Å². The first-order valence-corrected chi connectivity index (χ1v) is 6.69. The van der Waals surface area contributed by atoms with Crippen molar-refractivity contribution in [1.29, 1.82) is 0 Å². The van der Waals surface area contributed by atoms with Crippen LogP contribution in [0.15, 0.2) is 0 Å². The largest absolute Gasteiger partial charge is 0.465 e. The van der Waals surface area contributed by atoms with Crippen molar-refractivity contribution < 1.29 is 19.1 Å². The lowest BCUT2D eigenvalue weighted by molar-refractivity contribution is -0.155. The van der Waals surface area contributed by atoms with Gasteiger partial charge in [0, 0.05) is 0 Å². The van der Waals surface area contributed by atoms with Crippen LogP contribution in [-0.4, -0.2) is 25.2 Å². The van der Waals surface area contributed by atoms with E-state index in [0.29, 0.717) is 25.0 Å². The predicted octanol–water partition coefficient (Wildman–Crippen LogP) is 2.80. The molecule has 0 rings (SSSR count). The van der Waals surface area contributed by atoms with Gasteiger partial charge in [-0.05, 0) is 11.8 Å². The molecular weight excluding hydrogens is 232 g/mol. The Labute approximate surface area is 110 Å². The van der Waals surface area contributed by atoms with Gasteiger partial charge in [0.15, 0.2) is 0 Å². The zero-order valence-corrected chi connectivity index (χ0v) is 12.2. The summed E-state index contributed by atoms with van der Waals surface area (Å²) in [6, 6.07) is 0. The van der Waals surface area contributed by atoms with Gasteiger partial charge >= 0.3 is 11.9 Å². The SMILES string of the molecule is CCC(C)COC(=O)C(C)CC(=O)OCC(C)C. The molecule has 0 saturated heterocycles. The molecule has 0 heterocycles. The molecule has 4 heteroatoms. The number of hydrogen-bond donors (Lipinski definition) is 0. The zero-order valence-electron chi connectivity index (χ0n) is 12.2. The Morgan fingerprint density at radius 1 is 1.00 bits per heavy atom. The van der Waals surface area contributed by atoms with Crippen molar-refractivity contribution in [1.82, 2.24) is 0 Å². The quantitative estimate of drug-likeness (QED) is 0.628. The highest BCUT2D eigenvalue weighted by Gasteiger charge is 2.20. The number of hydrogen-bond acceptors (Lipinski definition) is 4. The summed E-state index contributed by atoms with van der Waals surface area (Å²) in [7, 11) is 0. The number of ether oxygens (including phenoxy) is 2. The van der Waals surface area contributed by atoms with Gasteiger partial charge in [-0.15, -0.1) is 0 Å². The molecule has 0 spiro atoms. The minimum Gasteiger partial charge on any atom is -0.465 e. The van der Waals surface area contributed by atoms with Crippen molar-refractivity contribution in [2.24, 2.45) is 17.8 Å². The van der Waals surface area contributed by atoms with Crippen LogP contribution < -0.4 is 0 Å². The highest BCUT2D eigenvalue weighted by molar-refractivity contribution is 5.79. The third-order valence-corrected chi connectivity index (χ3v) is 2.66. The lowest BCUT2D eigenvalue weighted by atomic mass is 10.1. The third kappa shape index (κ3) is 8.09.